The van der Waals surface area contributed by atoms with Crippen molar-refractivity contribution in [3.8, 4) is 16.8 Å². The molecule has 2 aliphatic rings. The Morgan fingerprint density at radius 1 is 0.692 bits per heavy atom. The molecule has 1 saturated heterocycles. The van der Waals surface area contributed by atoms with Gasteiger partial charge in [-0.25, -0.2) is 0 Å². The normalized spacial score (nSPS) is 15.8. The van der Waals surface area contributed by atoms with Crippen LogP contribution >= 0.6 is 0 Å². The second kappa shape index (κ2) is 16.5. The van der Waals surface area contributed by atoms with E-state index in [9.17, 15) is 4.79 Å². The Kier molecular flexibility index (Phi) is 10.5. The molecule has 0 spiro atoms. The van der Waals surface area contributed by atoms with Gasteiger partial charge >= 0.3 is 5.97 Å². The lowest BCUT2D eigenvalue weighted by Gasteiger charge is -2.42. The maximum Gasteiger partial charge on any atom is 0.312 e. The van der Waals surface area contributed by atoms with Crippen LogP contribution in [0.25, 0.3) is 60.4 Å². The van der Waals surface area contributed by atoms with Crippen molar-refractivity contribution < 1.29 is 14.3 Å². The third kappa shape index (κ3) is 6.81. The minimum absolute atomic E-state index is 0.0278. The summed E-state index contributed by atoms with van der Waals surface area (Å²) in [5, 5.41) is 5.02. The molecule has 0 N–H and O–H groups in total. The van der Waals surface area contributed by atoms with Crippen molar-refractivity contribution >= 4 is 49.6 Å². The molecular weight excluding hydrogens is 797 g/mol. The molecule has 3 heterocycles. The fourth-order valence-electron chi connectivity index (χ4n) is 11.5. The van der Waals surface area contributed by atoms with Gasteiger partial charge in [-0.3, -0.25) is 4.79 Å². The Balaban J connectivity index is 0.975. The highest BCUT2D eigenvalue weighted by Crippen LogP contribution is 2.49. The summed E-state index contributed by atoms with van der Waals surface area (Å²) in [4.78, 5) is 14.0. The van der Waals surface area contributed by atoms with Crippen molar-refractivity contribution in [2.75, 3.05) is 19.8 Å². The first kappa shape index (κ1) is 41.3. The lowest BCUT2D eigenvalue weighted by Crippen LogP contribution is -2.48. The number of carbonyl (C=O) groups excluding carboxylic acids is 1. The van der Waals surface area contributed by atoms with Crippen LogP contribution in [0, 0.1) is 10.8 Å². The average molecular weight is 855 g/mol. The second-order valence-corrected chi connectivity index (χ2v) is 19.2. The van der Waals surface area contributed by atoms with E-state index < -0.39 is 5.41 Å². The molecule has 0 saturated carbocycles. The highest BCUT2D eigenvalue weighted by Gasteiger charge is 2.44. The van der Waals surface area contributed by atoms with E-state index in [1.54, 1.807) is 0 Å². The number of nitrogens with zero attached hydrogens (tertiary/aromatic N) is 2. The third-order valence-electron chi connectivity index (χ3n) is 15.4. The van der Waals surface area contributed by atoms with Gasteiger partial charge in [0.2, 0.25) is 0 Å². The quantitative estimate of drug-likeness (QED) is 0.102. The van der Waals surface area contributed by atoms with Gasteiger partial charge < -0.3 is 18.6 Å². The van der Waals surface area contributed by atoms with E-state index in [4.69, 9.17) is 9.47 Å². The number of aromatic nitrogens is 2. The summed E-state index contributed by atoms with van der Waals surface area (Å²) in [7, 11) is 0. The van der Waals surface area contributed by atoms with Crippen molar-refractivity contribution in [2.24, 2.45) is 10.8 Å². The molecule has 65 heavy (non-hydrogen) atoms. The fourth-order valence-corrected chi connectivity index (χ4v) is 11.5. The molecular formula is C60H58N2O3. The van der Waals surface area contributed by atoms with Crippen LogP contribution in [0.2, 0.25) is 0 Å². The average Bonchev–Trinajstić information content (AvgIpc) is 3.96. The first-order valence-electron chi connectivity index (χ1n) is 23.9. The number of hydrogen-bond acceptors (Lipinski definition) is 3. The van der Waals surface area contributed by atoms with E-state index in [0.717, 1.165) is 37.9 Å². The zero-order valence-corrected chi connectivity index (χ0v) is 38.1. The first-order valence-corrected chi connectivity index (χ1v) is 23.9. The summed E-state index contributed by atoms with van der Waals surface area (Å²) in [5.74, 6) is 0.118. The number of hydrogen-bond donors (Lipinski definition) is 0. The first-order chi connectivity index (χ1) is 31.8. The van der Waals surface area contributed by atoms with Crippen LogP contribution < -0.4 is 0 Å². The molecule has 1 aliphatic heterocycles. The van der Waals surface area contributed by atoms with Gasteiger partial charge in [0, 0.05) is 45.2 Å². The Morgan fingerprint density at radius 3 is 2.02 bits per heavy atom. The maximum atomic E-state index is 14.0. The molecule has 0 radical (unpaired) electrons. The largest absolute Gasteiger partial charge is 0.464 e. The standard InChI is InChI=1S/C60H58N2O3/c1-5-8-32-60(37-64-38-60)39-65-58(63)59(4,7-3)52(6-2)41-28-26-40(27-29-41)36-61-53-25-17-16-22-46(53)50-34-51-47-31-30-42(57-48-23-14-12-20-44(48)45-21-13-15-24-49(45)57)33-55(47)62(56(51)35-54(50)61)43-18-10-9-11-19-43/h9-31,33-35,52,57H,5-8,32,36-39H2,1-4H3. The number of esters is 1. The zero-order valence-electron chi connectivity index (χ0n) is 38.1. The summed E-state index contributed by atoms with van der Waals surface area (Å²) < 4.78 is 16.8. The molecule has 5 heteroatoms. The van der Waals surface area contributed by atoms with Gasteiger partial charge in [0.05, 0.1) is 40.6 Å². The SMILES string of the molecule is CCCCC1(COC(=O)C(C)(CC)C(CC)c2ccc(Cn3c4ccccc4c4cc5c6ccc(C7c8ccccc8-c8ccccc87)cc6n(-c6ccccc6)c5cc43)cc2)COC1. The molecule has 7 aromatic carbocycles. The van der Waals surface area contributed by atoms with Crippen molar-refractivity contribution in [1.29, 1.82) is 0 Å². The molecule has 2 atom stereocenters. The minimum atomic E-state index is -0.630. The lowest BCUT2D eigenvalue weighted by atomic mass is 9.70. The smallest absolute Gasteiger partial charge is 0.312 e. The predicted molar refractivity (Wildman–Crippen MR) is 267 cm³/mol. The molecule has 2 aromatic heterocycles. The molecule has 11 rings (SSSR count). The van der Waals surface area contributed by atoms with Crippen LogP contribution in [0.5, 0.6) is 0 Å². The predicted octanol–water partition coefficient (Wildman–Crippen LogP) is 14.8. The lowest BCUT2D eigenvalue weighted by molar-refractivity contribution is -0.181. The number of rotatable bonds is 14. The molecule has 1 fully saturated rings. The number of carbonyl (C=O) groups is 1. The molecule has 2 unspecified atom stereocenters. The van der Waals surface area contributed by atoms with Gasteiger partial charge in [0.25, 0.3) is 0 Å². The highest BCUT2D eigenvalue weighted by molar-refractivity contribution is 6.18. The Bertz CT molecular complexity index is 3180. The van der Waals surface area contributed by atoms with Crippen molar-refractivity contribution in [2.45, 2.75) is 78.2 Å². The zero-order chi connectivity index (χ0) is 44.3. The Hall–Kier alpha value is -6.43. The number of para-hydroxylation sites is 2. The number of fused-ring (bicyclic) bond motifs is 9. The van der Waals surface area contributed by atoms with Gasteiger partial charge in [0.1, 0.15) is 6.61 Å². The topological polar surface area (TPSA) is 45.4 Å². The van der Waals surface area contributed by atoms with Crippen LogP contribution in [0.15, 0.2) is 158 Å². The van der Waals surface area contributed by atoms with Gasteiger partial charge in [0.15, 0.2) is 0 Å². The summed E-state index contributed by atoms with van der Waals surface area (Å²) in [6, 6.07) is 58.6. The van der Waals surface area contributed by atoms with E-state index in [0.29, 0.717) is 26.2 Å². The van der Waals surface area contributed by atoms with Crippen LogP contribution in [0.4, 0.5) is 0 Å². The Morgan fingerprint density at radius 2 is 1.34 bits per heavy atom. The van der Waals surface area contributed by atoms with E-state index in [2.05, 4.69) is 195 Å². The number of ether oxygens (including phenoxy) is 2. The van der Waals surface area contributed by atoms with E-state index >= 15 is 0 Å². The number of benzene rings is 7. The second-order valence-electron chi connectivity index (χ2n) is 19.2. The van der Waals surface area contributed by atoms with Crippen LogP contribution in [0.3, 0.4) is 0 Å². The van der Waals surface area contributed by atoms with Crippen molar-refractivity contribution in [3.63, 3.8) is 0 Å². The molecule has 5 nitrogen and oxygen atoms in total. The van der Waals surface area contributed by atoms with Crippen molar-refractivity contribution in [3.05, 3.63) is 186 Å². The van der Waals surface area contributed by atoms with Gasteiger partial charge in [-0.1, -0.05) is 155 Å². The molecule has 9 aromatic rings. The van der Waals surface area contributed by atoms with Crippen molar-refractivity contribution in [1.82, 2.24) is 9.13 Å². The number of unbranched alkanes of at least 4 members (excludes halogenated alkanes) is 1. The summed E-state index contributed by atoms with van der Waals surface area (Å²) in [5.41, 5.74) is 14.4. The third-order valence-corrected chi connectivity index (χ3v) is 15.4. The molecule has 1 aliphatic carbocycles. The molecule has 0 amide bonds. The molecule has 326 valence electrons. The van der Waals surface area contributed by atoms with E-state index in [1.807, 2.05) is 0 Å². The van der Waals surface area contributed by atoms with E-state index in [1.165, 1.54) is 82.6 Å². The van der Waals surface area contributed by atoms with Crippen LogP contribution in [0.1, 0.15) is 99.5 Å². The van der Waals surface area contributed by atoms with Crippen LogP contribution in [-0.2, 0) is 20.8 Å². The van der Waals surface area contributed by atoms with Crippen LogP contribution in [-0.4, -0.2) is 34.9 Å². The minimum Gasteiger partial charge on any atom is -0.464 e. The summed E-state index contributed by atoms with van der Waals surface area (Å²) >= 11 is 0. The van der Waals surface area contributed by atoms with Gasteiger partial charge in [-0.05, 0) is 107 Å². The molecule has 0 bridgehead atoms. The van der Waals surface area contributed by atoms with Gasteiger partial charge in [-0.2, -0.15) is 0 Å². The van der Waals surface area contributed by atoms with E-state index in [-0.39, 0.29) is 23.2 Å². The Labute approximate surface area is 382 Å². The maximum absolute atomic E-state index is 14.0. The summed E-state index contributed by atoms with van der Waals surface area (Å²) in [6.07, 6.45) is 4.86. The monoisotopic (exact) mass is 854 g/mol. The fraction of sp³-hybridized carbons (Fsp3) is 0.283. The highest BCUT2D eigenvalue weighted by atomic mass is 16.5. The summed E-state index contributed by atoms with van der Waals surface area (Å²) in [6.45, 7) is 11.2. The van der Waals surface area contributed by atoms with Gasteiger partial charge in [-0.15, -0.1) is 0 Å².